The fraction of sp³-hybridized carbons (Fsp3) is 0. The predicted molar refractivity (Wildman–Crippen MR) is 14.1 cm³/mol. The fourth-order valence-electron chi connectivity index (χ4n) is 0. The van der Waals surface area contributed by atoms with Crippen LogP contribution in [0.3, 0.4) is 0 Å². The molecule has 0 saturated carbocycles. The second-order valence-electron chi connectivity index (χ2n) is 0.362. The van der Waals surface area contributed by atoms with Crippen molar-refractivity contribution in [2.75, 3.05) is 0 Å². The second kappa shape index (κ2) is 22.8. The molecule has 0 rings (SSSR count). The van der Waals surface area contributed by atoms with Crippen LogP contribution in [0.1, 0.15) is 0 Å². The summed E-state index contributed by atoms with van der Waals surface area (Å²) in [5.41, 5.74) is 0. The summed E-state index contributed by atoms with van der Waals surface area (Å²) >= 11 is 0. The first-order valence-corrected chi connectivity index (χ1v) is 1.10. The zero-order valence-electron chi connectivity index (χ0n) is 5.16. The molecule has 9 heavy (non-hydrogen) atoms. The van der Waals surface area contributed by atoms with Gasteiger partial charge in [0.1, 0.15) is 0 Å². The minimum absolute atomic E-state index is 0. The molecule has 0 radical (unpaired) electrons. The number of hydrogen-bond donors (Lipinski definition) is 1. The van der Waals surface area contributed by atoms with Gasteiger partial charge < -0.3 is 24.9 Å². The Hall–Kier alpha value is 1.38. The minimum Gasteiger partial charge on any atom is -0.565 e. The Morgan fingerprint density at radius 3 is 1.56 bits per heavy atom. The van der Waals surface area contributed by atoms with Crippen molar-refractivity contribution in [3.8, 4) is 0 Å². The summed E-state index contributed by atoms with van der Waals surface area (Å²) in [4.78, 5) is 16.7. The molecular formula is C2H2KNaO5. The summed E-state index contributed by atoms with van der Waals surface area (Å²) in [6.07, 6.45) is -2.08. The molecule has 0 bridgehead atoms. The van der Waals surface area contributed by atoms with Gasteiger partial charge in [-0.25, -0.2) is 0 Å². The van der Waals surface area contributed by atoms with Crippen LogP contribution in [-0.4, -0.2) is 17.7 Å². The number of carboxylic acid groups (broad SMARTS) is 3. The SMILES string of the molecule is O=C([O-])O.O=C[O-].[K+].[Na+]. The summed E-state index contributed by atoms with van der Waals surface area (Å²) in [5, 5.41) is 23.6. The van der Waals surface area contributed by atoms with Gasteiger partial charge >= 0.3 is 80.9 Å². The molecule has 0 unspecified atom stereocenters. The number of hydrogen-bond acceptors (Lipinski definition) is 4. The Labute approximate surface area is 116 Å². The molecule has 42 valence electrons. The molecule has 0 aromatic rings. The normalized spacial score (nSPS) is 4.00. The van der Waals surface area contributed by atoms with Gasteiger partial charge in [-0.15, -0.1) is 0 Å². The molecule has 0 fully saturated rings. The van der Waals surface area contributed by atoms with Gasteiger partial charge in [-0.05, 0) is 0 Å². The van der Waals surface area contributed by atoms with Gasteiger partial charge in [-0.1, -0.05) is 0 Å². The molecule has 0 heterocycles. The number of rotatable bonds is 0. The van der Waals surface area contributed by atoms with Crippen LogP contribution < -0.4 is 91.2 Å². The molecule has 0 atom stereocenters. The van der Waals surface area contributed by atoms with Crippen molar-refractivity contribution in [2.45, 2.75) is 0 Å². The summed E-state index contributed by atoms with van der Waals surface area (Å²) in [7, 11) is 0. The van der Waals surface area contributed by atoms with Crippen LogP contribution in [-0.2, 0) is 4.79 Å². The predicted octanol–water partition coefficient (Wildman–Crippen LogP) is -8.74. The first-order chi connectivity index (χ1) is 3.15. The molecule has 0 aliphatic rings. The van der Waals surface area contributed by atoms with E-state index in [1.54, 1.807) is 0 Å². The smallest absolute Gasteiger partial charge is 0.565 e. The standard InChI is InChI=1S/CH2O3.CH2O2.K.Na/c2-1(3)4;2-1-3;;/h(H2,2,3,4);1H,(H,2,3);;/q;;2*+1/p-2. The molecule has 0 amide bonds. The molecule has 0 saturated heterocycles. The van der Waals surface area contributed by atoms with Crippen molar-refractivity contribution < 1.29 is 106 Å². The van der Waals surface area contributed by atoms with Gasteiger partial charge in [0.15, 0.2) is 0 Å². The van der Waals surface area contributed by atoms with E-state index >= 15 is 0 Å². The van der Waals surface area contributed by atoms with Crippen LogP contribution in [0, 0.1) is 0 Å². The Kier molecular flexibility index (Phi) is 56.7. The van der Waals surface area contributed by atoms with Crippen molar-refractivity contribution >= 4 is 12.6 Å². The van der Waals surface area contributed by atoms with Crippen LogP contribution in [0.15, 0.2) is 0 Å². The topological polar surface area (TPSA) is 100 Å². The molecular weight excluding hydrogens is 166 g/mol. The summed E-state index contributed by atoms with van der Waals surface area (Å²) in [6, 6.07) is 0. The fourth-order valence-corrected chi connectivity index (χ4v) is 0. The Morgan fingerprint density at radius 2 is 1.56 bits per heavy atom. The van der Waals surface area contributed by atoms with Crippen molar-refractivity contribution in [2.24, 2.45) is 0 Å². The molecule has 0 aliphatic heterocycles. The van der Waals surface area contributed by atoms with Gasteiger partial charge in [-0.3, -0.25) is 0 Å². The van der Waals surface area contributed by atoms with Crippen molar-refractivity contribution in [1.29, 1.82) is 0 Å². The van der Waals surface area contributed by atoms with Crippen LogP contribution in [0.2, 0.25) is 0 Å². The quantitative estimate of drug-likeness (QED) is 0.286. The van der Waals surface area contributed by atoms with Gasteiger partial charge in [0.2, 0.25) is 6.16 Å². The summed E-state index contributed by atoms with van der Waals surface area (Å²) in [6.45, 7) is -0.500. The average Bonchev–Trinajstić information content (AvgIpc) is 1.33. The Bertz CT molecular complexity index is 62.0. The van der Waals surface area contributed by atoms with Crippen LogP contribution >= 0.6 is 0 Å². The van der Waals surface area contributed by atoms with E-state index in [0.717, 1.165) is 0 Å². The van der Waals surface area contributed by atoms with E-state index in [9.17, 15) is 0 Å². The third-order valence-corrected chi connectivity index (χ3v) is 0. The Morgan fingerprint density at radius 1 is 1.56 bits per heavy atom. The molecule has 1 N–H and O–H groups in total. The number of carbonyl (C=O) groups excluding carboxylic acids is 1. The maximum Gasteiger partial charge on any atom is 1.00 e. The second-order valence-corrected chi connectivity index (χ2v) is 0.362. The zero-order valence-corrected chi connectivity index (χ0v) is 10.3. The molecule has 0 spiro atoms. The van der Waals surface area contributed by atoms with Crippen molar-refractivity contribution in [3.63, 3.8) is 0 Å². The zero-order chi connectivity index (χ0) is 6.28. The average molecular weight is 168 g/mol. The van der Waals surface area contributed by atoms with Gasteiger partial charge in [0, 0.05) is 6.47 Å². The van der Waals surface area contributed by atoms with Gasteiger partial charge in [-0.2, -0.15) is 0 Å². The van der Waals surface area contributed by atoms with Crippen molar-refractivity contribution in [3.05, 3.63) is 0 Å². The monoisotopic (exact) mass is 168 g/mol. The summed E-state index contributed by atoms with van der Waals surface area (Å²) in [5.74, 6) is 0. The van der Waals surface area contributed by atoms with Crippen molar-refractivity contribution in [1.82, 2.24) is 0 Å². The third kappa shape index (κ3) is 269. The van der Waals surface area contributed by atoms with E-state index in [1.165, 1.54) is 0 Å². The van der Waals surface area contributed by atoms with E-state index in [4.69, 9.17) is 24.9 Å². The van der Waals surface area contributed by atoms with E-state index in [-0.39, 0.29) is 80.9 Å². The minimum atomic E-state index is -2.08. The maximum atomic E-state index is 8.44. The largest absolute Gasteiger partial charge is 1.00 e. The third-order valence-electron chi connectivity index (χ3n) is 0. The first-order valence-electron chi connectivity index (χ1n) is 1.10. The maximum absolute atomic E-state index is 8.44. The van der Waals surface area contributed by atoms with E-state index in [0.29, 0.717) is 0 Å². The van der Waals surface area contributed by atoms with Crippen LogP contribution in [0.4, 0.5) is 4.79 Å². The molecule has 0 aliphatic carbocycles. The molecule has 0 aromatic heterocycles. The van der Waals surface area contributed by atoms with E-state index in [2.05, 4.69) is 0 Å². The molecule has 7 heteroatoms. The molecule has 0 aromatic carbocycles. The van der Waals surface area contributed by atoms with Crippen LogP contribution in [0.25, 0.3) is 0 Å². The van der Waals surface area contributed by atoms with E-state index in [1.807, 2.05) is 0 Å². The van der Waals surface area contributed by atoms with Gasteiger partial charge in [0.25, 0.3) is 0 Å². The Balaban J connectivity index is -0.0000000233. The van der Waals surface area contributed by atoms with Gasteiger partial charge in [0.05, 0.1) is 0 Å². The number of carbonyl (C=O) groups is 2. The first kappa shape index (κ1) is 22.4. The molecule has 5 nitrogen and oxygen atoms in total. The van der Waals surface area contributed by atoms with E-state index < -0.39 is 12.6 Å². The van der Waals surface area contributed by atoms with Crippen LogP contribution in [0.5, 0.6) is 0 Å². The summed E-state index contributed by atoms with van der Waals surface area (Å²) < 4.78 is 0.